The Kier molecular flexibility index (Phi) is 6.86. The molecule has 1 unspecified atom stereocenters. The second-order valence-corrected chi connectivity index (χ2v) is 7.03. The third kappa shape index (κ3) is 5.47. The summed E-state index contributed by atoms with van der Waals surface area (Å²) in [5.74, 6) is 6.64. The lowest BCUT2D eigenvalue weighted by Gasteiger charge is -2.22. The quantitative estimate of drug-likeness (QED) is 0.570. The summed E-state index contributed by atoms with van der Waals surface area (Å²) >= 11 is 0. The van der Waals surface area contributed by atoms with Crippen LogP contribution >= 0.6 is 0 Å². The molecule has 144 valence electrons. The number of rotatable bonds is 7. The zero-order chi connectivity index (χ0) is 19.8. The number of Topliss-reactive ketones (excluding diaryl/α,β-unsaturated/α-hetero) is 1. The fourth-order valence-electron chi connectivity index (χ4n) is 3.30. The lowest BCUT2D eigenvalue weighted by Crippen LogP contribution is -2.28. The Hall–Kier alpha value is -3.06. The van der Waals surface area contributed by atoms with Crippen LogP contribution in [0.15, 0.2) is 48.5 Å². The maximum Gasteiger partial charge on any atom is 0.407 e. The third-order valence-electron chi connectivity index (χ3n) is 4.79. The Bertz CT molecular complexity index is 907. The van der Waals surface area contributed by atoms with Gasteiger partial charge < -0.3 is 14.8 Å². The number of carbonyl (C=O) groups is 2. The van der Waals surface area contributed by atoms with Crippen molar-refractivity contribution >= 4 is 11.9 Å². The Balaban J connectivity index is 1.64. The van der Waals surface area contributed by atoms with Crippen molar-refractivity contribution in [2.75, 3.05) is 6.54 Å². The number of ketones is 1. The number of alkyl carbamates (subject to hydrolysis) is 1. The molecule has 1 amide bonds. The molecule has 0 heterocycles. The molecular weight excluding hydrogens is 350 g/mol. The summed E-state index contributed by atoms with van der Waals surface area (Å²) in [6, 6.07) is 15.8. The van der Waals surface area contributed by atoms with E-state index >= 15 is 0 Å². The van der Waals surface area contributed by atoms with Gasteiger partial charge in [0.15, 0.2) is 0 Å². The van der Waals surface area contributed by atoms with Crippen molar-refractivity contribution in [2.45, 2.75) is 45.1 Å². The summed E-state index contributed by atoms with van der Waals surface area (Å²) in [5, 5.41) is 2.83. The predicted octanol–water partition coefficient (Wildman–Crippen LogP) is 4.56. The highest BCUT2D eigenvalue weighted by Gasteiger charge is 2.22. The third-order valence-corrected chi connectivity index (χ3v) is 4.79. The number of nitrogens with one attached hydrogen (secondary N) is 1. The number of unbranched alkanes of at least 4 members (excludes halogenated alkanes) is 2. The molecule has 0 spiro atoms. The molecule has 0 fully saturated rings. The second-order valence-electron chi connectivity index (χ2n) is 7.03. The topological polar surface area (TPSA) is 55.4 Å². The Morgan fingerprint density at radius 1 is 1.00 bits per heavy atom. The van der Waals surface area contributed by atoms with E-state index in [2.05, 4.69) is 17.2 Å². The fourth-order valence-corrected chi connectivity index (χ4v) is 3.30. The average Bonchev–Trinajstić information content (AvgIpc) is 2.68. The van der Waals surface area contributed by atoms with Gasteiger partial charge in [-0.25, -0.2) is 4.79 Å². The van der Waals surface area contributed by atoms with Gasteiger partial charge in [0.1, 0.15) is 11.9 Å². The molecule has 0 saturated carbocycles. The second kappa shape index (κ2) is 9.75. The molecule has 1 atom stereocenters. The van der Waals surface area contributed by atoms with E-state index in [1.54, 1.807) is 6.92 Å². The van der Waals surface area contributed by atoms with Gasteiger partial charge in [0, 0.05) is 36.1 Å². The van der Waals surface area contributed by atoms with Gasteiger partial charge in [-0.15, -0.1) is 0 Å². The Morgan fingerprint density at radius 2 is 1.71 bits per heavy atom. The maximum atomic E-state index is 12.3. The van der Waals surface area contributed by atoms with E-state index in [1.807, 2.05) is 48.5 Å². The molecule has 4 heteroatoms. The van der Waals surface area contributed by atoms with E-state index in [4.69, 9.17) is 4.74 Å². The Labute approximate surface area is 166 Å². The summed E-state index contributed by atoms with van der Waals surface area (Å²) in [7, 11) is 0. The van der Waals surface area contributed by atoms with Gasteiger partial charge in [0.2, 0.25) is 0 Å². The highest BCUT2D eigenvalue weighted by molar-refractivity contribution is 5.75. The number of hydrogen-bond donors (Lipinski definition) is 1. The van der Waals surface area contributed by atoms with Crippen LogP contribution in [0.4, 0.5) is 4.79 Å². The van der Waals surface area contributed by atoms with Crippen LogP contribution < -0.4 is 5.32 Å². The standard InChI is InChI=1S/C24H25NO3/c1-18(26)9-3-2-8-16-25-24(27)28-23-17-21-12-5-4-10-19(21)14-15-20-11-6-7-13-22(20)23/h4-7,10-13,23H,2-3,8-9,16-17H2,1H3,(H,25,27). The SMILES string of the molecule is CC(=O)CCCCCNC(=O)OC1Cc2ccccc2C#Cc2ccccc21. The molecular formula is C24H25NO3. The number of ether oxygens (including phenoxy) is 1. The van der Waals surface area contributed by atoms with Gasteiger partial charge >= 0.3 is 6.09 Å². The van der Waals surface area contributed by atoms with Gasteiger partial charge in [-0.2, -0.15) is 0 Å². The minimum atomic E-state index is -0.419. The van der Waals surface area contributed by atoms with Crippen molar-refractivity contribution in [3.8, 4) is 11.8 Å². The van der Waals surface area contributed by atoms with Crippen molar-refractivity contribution in [1.82, 2.24) is 5.32 Å². The first-order chi connectivity index (χ1) is 13.6. The molecule has 0 radical (unpaired) electrons. The van der Waals surface area contributed by atoms with Crippen molar-refractivity contribution in [3.63, 3.8) is 0 Å². The lowest BCUT2D eigenvalue weighted by molar-refractivity contribution is -0.117. The van der Waals surface area contributed by atoms with E-state index in [0.717, 1.165) is 41.5 Å². The zero-order valence-electron chi connectivity index (χ0n) is 16.2. The van der Waals surface area contributed by atoms with Gasteiger partial charge in [-0.05, 0) is 37.5 Å². The normalized spacial score (nSPS) is 14.4. The van der Waals surface area contributed by atoms with Crippen LogP contribution in [-0.4, -0.2) is 18.4 Å². The fraction of sp³-hybridized carbons (Fsp3) is 0.333. The van der Waals surface area contributed by atoms with Crippen molar-refractivity contribution in [3.05, 3.63) is 70.8 Å². The number of amides is 1. The molecule has 0 aliphatic heterocycles. The summed E-state index contributed by atoms with van der Waals surface area (Å²) < 4.78 is 5.78. The zero-order valence-corrected chi connectivity index (χ0v) is 16.2. The summed E-state index contributed by atoms with van der Waals surface area (Å²) in [6.45, 7) is 2.15. The highest BCUT2D eigenvalue weighted by atomic mass is 16.6. The Morgan fingerprint density at radius 3 is 2.54 bits per heavy atom. The summed E-state index contributed by atoms with van der Waals surface area (Å²) in [4.78, 5) is 23.3. The first-order valence-corrected chi connectivity index (χ1v) is 9.76. The summed E-state index contributed by atoms with van der Waals surface area (Å²) in [6.07, 6.45) is 2.99. The molecule has 2 aromatic carbocycles. The lowest BCUT2D eigenvalue weighted by atomic mass is 9.92. The van der Waals surface area contributed by atoms with E-state index in [-0.39, 0.29) is 11.9 Å². The smallest absolute Gasteiger partial charge is 0.407 e. The molecule has 1 N–H and O–H groups in total. The molecule has 4 nitrogen and oxygen atoms in total. The minimum absolute atomic E-state index is 0.207. The first kappa shape index (κ1) is 19.7. The number of benzene rings is 2. The van der Waals surface area contributed by atoms with Gasteiger partial charge in [0.05, 0.1) is 0 Å². The highest BCUT2D eigenvalue weighted by Crippen LogP contribution is 2.28. The molecule has 28 heavy (non-hydrogen) atoms. The molecule has 3 rings (SSSR count). The van der Waals surface area contributed by atoms with Crippen LogP contribution in [0.25, 0.3) is 0 Å². The molecule has 0 saturated heterocycles. The monoisotopic (exact) mass is 375 g/mol. The molecule has 1 aliphatic carbocycles. The van der Waals surface area contributed by atoms with Crippen LogP contribution in [0.1, 0.15) is 61.0 Å². The molecule has 0 aromatic heterocycles. The largest absolute Gasteiger partial charge is 0.441 e. The molecule has 2 aromatic rings. The van der Waals surface area contributed by atoms with E-state index in [0.29, 0.717) is 19.4 Å². The molecule has 0 bridgehead atoms. The van der Waals surface area contributed by atoms with Crippen molar-refractivity contribution in [1.29, 1.82) is 0 Å². The van der Waals surface area contributed by atoms with E-state index in [9.17, 15) is 9.59 Å². The van der Waals surface area contributed by atoms with Gasteiger partial charge in [-0.1, -0.05) is 54.7 Å². The predicted molar refractivity (Wildman–Crippen MR) is 109 cm³/mol. The van der Waals surface area contributed by atoms with Crippen molar-refractivity contribution < 1.29 is 14.3 Å². The van der Waals surface area contributed by atoms with Crippen molar-refractivity contribution in [2.24, 2.45) is 0 Å². The minimum Gasteiger partial charge on any atom is -0.441 e. The van der Waals surface area contributed by atoms with Crippen LogP contribution in [0.5, 0.6) is 0 Å². The molecule has 1 aliphatic rings. The number of fused-ring (bicyclic) bond motifs is 2. The first-order valence-electron chi connectivity index (χ1n) is 9.76. The van der Waals surface area contributed by atoms with Gasteiger partial charge in [-0.3, -0.25) is 0 Å². The summed E-state index contributed by atoms with van der Waals surface area (Å²) in [5.41, 5.74) is 3.86. The van der Waals surface area contributed by atoms with Crippen LogP contribution in [-0.2, 0) is 16.0 Å². The van der Waals surface area contributed by atoms with Gasteiger partial charge in [0.25, 0.3) is 0 Å². The number of hydrogen-bond acceptors (Lipinski definition) is 3. The average molecular weight is 375 g/mol. The van der Waals surface area contributed by atoms with Crippen LogP contribution in [0.3, 0.4) is 0 Å². The van der Waals surface area contributed by atoms with Crippen LogP contribution in [0.2, 0.25) is 0 Å². The van der Waals surface area contributed by atoms with Crippen LogP contribution in [0, 0.1) is 11.8 Å². The van der Waals surface area contributed by atoms with E-state index < -0.39 is 6.09 Å². The van der Waals surface area contributed by atoms with E-state index in [1.165, 1.54) is 0 Å². The maximum absolute atomic E-state index is 12.3. The number of carbonyl (C=O) groups excluding carboxylic acids is 2.